The van der Waals surface area contributed by atoms with Gasteiger partial charge in [-0.3, -0.25) is 4.90 Å². The fourth-order valence-electron chi connectivity index (χ4n) is 4.43. The van der Waals surface area contributed by atoms with Crippen LogP contribution >= 0.6 is 11.6 Å². The van der Waals surface area contributed by atoms with Gasteiger partial charge in [-0.25, -0.2) is 13.9 Å². The van der Waals surface area contributed by atoms with Gasteiger partial charge < -0.3 is 0 Å². The van der Waals surface area contributed by atoms with Crippen molar-refractivity contribution in [3.8, 4) is 11.1 Å². The first-order chi connectivity index (χ1) is 15.1. The van der Waals surface area contributed by atoms with E-state index in [9.17, 15) is 4.39 Å². The third kappa shape index (κ3) is 4.18. The quantitative estimate of drug-likeness (QED) is 0.438. The van der Waals surface area contributed by atoms with Crippen LogP contribution in [0.3, 0.4) is 0 Å². The molecule has 1 unspecified atom stereocenters. The molecule has 3 heterocycles. The fourth-order valence-corrected chi connectivity index (χ4v) is 4.55. The topological polar surface area (TPSA) is 46.3 Å². The molecule has 31 heavy (non-hydrogen) atoms. The van der Waals surface area contributed by atoms with Gasteiger partial charge in [-0.15, -0.1) is 0 Å². The van der Waals surface area contributed by atoms with Crippen LogP contribution in [-0.4, -0.2) is 37.6 Å². The molecule has 5 rings (SSSR count). The van der Waals surface area contributed by atoms with E-state index in [1.165, 1.54) is 0 Å². The molecule has 0 saturated carbocycles. The van der Waals surface area contributed by atoms with E-state index < -0.39 is 0 Å². The van der Waals surface area contributed by atoms with Crippen LogP contribution in [0.2, 0.25) is 5.02 Å². The lowest BCUT2D eigenvalue weighted by Crippen LogP contribution is -2.35. The molecular formula is C24H23ClFN5. The van der Waals surface area contributed by atoms with E-state index in [0.29, 0.717) is 23.3 Å². The summed E-state index contributed by atoms with van der Waals surface area (Å²) in [4.78, 5) is 11.0. The number of rotatable bonds is 4. The molecule has 158 valence electrons. The molecule has 0 radical (unpaired) electrons. The van der Waals surface area contributed by atoms with Gasteiger partial charge in [-0.2, -0.15) is 10.1 Å². The van der Waals surface area contributed by atoms with Crippen molar-refractivity contribution in [2.75, 3.05) is 13.1 Å². The van der Waals surface area contributed by atoms with E-state index in [1.807, 2.05) is 47.8 Å². The molecule has 1 fully saturated rings. The molecule has 0 amide bonds. The Labute approximate surface area is 185 Å². The predicted molar refractivity (Wildman–Crippen MR) is 120 cm³/mol. The van der Waals surface area contributed by atoms with Crippen molar-refractivity contribution in [1.82, 2.24) is 24.5 Å². The Hall–Kier alpha value is -2.83. The number of piperidine rings is 1. The average Bonchev–Trinajstić information content (AvgIpc) is 3.24. The Balaban J connectivity index is 1.34. The molecule has 4 aromatic rings. The first-order valence-corrected chi connectivity index (χ1v) is 10.9. The molecule has 2 aromatic carbocycles. The van der Waals surface area contributed by atoms with E-state index in [4.69, 9.17) is 11.6 Å². The lowest BCUT2D eigenvalue weighted by molar-refractivity contribution is 0.195. The van der Waals surface area contributed by atoms with Gasteiger partial charge in [0.1, 0.15) is 12.1 Å². The van der Waals surface area contributed by atoms with Gasteiger partial charge in [0.2, 0.25) is 0 Å². The van der Waals surface area contributed by atoms with E-state index in [2.05, 4.69) is 26.0 Å². The summed E-state index contributed by atoms with van der Waals surface area (Å²) >= 11 is 5.96. The van der Waals surface area contributed by atoms with Crippen LogP contribution in [-0.2, 0) is 6.54 Å². The standard InChI is InChI=1S/C24H23ClFN5/c1-16-11-23(31-24(29-16)27-15-28-31)20-3-2-10-30(14-20)13-19-5-4-18(12-22(19)26)17-6-8-21(25)9-7-17/h4-9,11-12,15,20H,2-3,10,13-14H2,1H3. The third-order valence-electron chi connectivity index (χ3n) is 5.96. The van der Waals surface area contributed by atoms with Crippen molar-refractivity contribution in [2.45, 2.75) is 32.2 Å². The normalized spacial score (nSPS) is 17.3. The molecule has 0 N–H and O–H groups in total. The number of aromatic nitrogens is 4. The SMILES string of the molecule is Cc1cc(C2CCCN(Cc3ccc(-c4ccc(Cl)cc4)cc3F)C2)n2ncnc2n1. The predicted octanol–water partition coefficient (Wildman–Crippen LogP) is 5.27. The highest BCUT2D eigenvalue weighted by Gasteiger charge is 2.25. The maximum Gasteiger partial charge on any atom is 0.252 e. The Morgan fingerprint density at radius 2 is 1.90 bits per heavy atom. The number of hydrogen-bond donors (Lipinski definition) is 0. The maximum atomic E-state index is 14.9. The molecule has 1 aliphatic heterocycles. The monoisotopic (exact) mass is 435 g/mol. The first-order valence-electron chi connectivity index (χ1n) is 10.5. The van der Waals surface area contributed by atoms with Gasteiger partial charge in [-0.05, 0) is 61.7 Å². The van der Waals surface area contributed by atoms with E-state index in [-0.39, 0.29) is 5.82 Å². The smallest absolute Gasteiger partial charge is 0.252 e. The van der Waals surface area contributed by atoms with E-state index in [1.54, 1.807) is 12.4 Å². The molecule has 0 bridgehead atoms. The number of likely N-dealkylation sites (tertiary alicyclic amines) is 1. The summed E-state index contributed by atoms with van der Waals surface area (Å²) < 4.78 is 16.8. The zero-order valence-corrected chi connectivity index (χ0v) is 18.1. The number of halogens is 2. The molecule has 0 spiro atoms. The summed E-state index contributed by atoms with van der Waals surface area (Å²) in [6, 6.07) is 15.1. The molecule has 2 aromatic heterocycles. The Bertz CT molecular complexity index is 1220. The van der Waals surface area contributed by atoms with E-state index in [0.717, 1.165) is 54.0 Å². The number of benzene rings is 2. The second kappa shape index (κ2) is 8.36. The highest BCUT2D eigenvalue weighted by Crippen LogP contribution is 2.29. The number of nitrogens with zero attached hydrogens (tertiary/aromatic N) is 5. The number of aryl methyl sites for hydroxylation is 1. The van der Waals surface area contributed by atoms with E-state index >= 15 is 0 Å². The molecule has 1 saturated heterocycles. The molecule has 1 atom stereocenters. The minimum atomic E-state index is -0.173. The minimum Gasteiger partial charge on any atom is -0.298 e. The van der Waals surface area contributed by atoms with Crippen molar-refractivity contribution >= 4 is 17.4 Å². The highest BCUT2D eigenvalue weighted by atomic mass is 35.5. The maximum absolute atomic E-state index is 14.9. The van der Waals surface area contributed by atoms with Gasteiger partial charge >= 0.3 is 0 Å². The summed E-state index contributed by atoms with van der Waals surface area (Å²) in [5.41, 5.74) is 4.60. The zero-order chi connectivity index (χ0) is 21.4. The first kappa shape index (κ1) is 20.1. The zero-order valence-electron chi connectivity index (χ0n) is 17.3. The van der Waals surface area contributed by atoms with Crippen LogP contribution in [0, 0.1) is 12.7 Å². The fraction of sp³-hybridized carbons (Fsp3) is 0.292. The van der Waals surface area contributed by atoms with Crippen molar-refractivity contribution < 1.29 is 4.39 Å². The second-order valence-corrected chi connectivity index (χ2v) is 8.62. The molecule has 0 aliphatic carbocycles. The Morgan fingerprint density at radius 3 is 2.71 bits per heavy atom. The largest absolute Gasteiger partial charge is 0.298 e. The number of fused-ring (bicyclic) bond motifs is 1. The Kier molecular flexibility index (Phi) is 5.42. The van der Waals surface area contributed by atoms with Crippen molar-refractivity contribution in [3.63, 3.8) is 0 Å². The average molecular weight is 436 g/mol. The third-order valence-corrected chi connectivity index (χ3v) is 6.21. The van der Waals surface area contributed by atoms with Crippen molar-refractivity contribution in [2.24, 2.45) is 0 Å². The summed E-state index contributed by atoms with van der Waals surface area (Å²) in [6.45, 7) is 4.39. The number of hydrogen-bond acceptors (Lipinski definition) is 4. The van der Waals surface area contributed by atoms with Crippen LogP contribution < -0.4 is 0 Å². The molecule has 7 heteroatoms. The van der Waals surface area contributed by atoms with Crippen LogP contribution in [0.5, 0.6) is 0 Å². The molecule has 5 nitrogen and oxygen atoms in total. The van der Waals surface area contributed by atoms with Crippen LogP contribution in [0.25, 0.3) is 16.9 Å². The van der Waals surface area contributed by atoms with Crippen molar-refractivity contribution in [1.29, 1.82) is 0 Å². The van der Waals surface area contributed by atoms with Crippen molar-refractivity contribution in [3.05, 3.63) is 82.6 Å². The summed E-state index contributed by atoms with van der Waals surface area (Å²) in [7, 11) is 0. The van der Waals surface area contributed by atoms with Gasteiger partial charge in [0, 0.05) is 35.3 Å². The van der Waals surface area contributed by atoms with Crippen LogP contribution in [0.4, 0.5) is 4.39 Å². The van der Waals surface area contributed by atoms with Gasteiger partial charge in [0.15, 0.2) is 0 Å². The Morgan fingerprint density at radius 1 is 1.10 bits per heavy atom. The lowest BCUT2D eigenvalue weighted by Gasteiger charge is -2.33. The molecule has 1 aliphatic rings. The lowest BCUT2D eigenvalue weighted by atomic mass is 9.93. The van der Waals surface area contributed by atoms with Crippen LogP contribution in [0.15, 0.2) is 54.9 Å². The molecular weight excluding hydrogens is 413 g/mol. The van der Waals surface area contributed by atoms with Gasteiger partial charge in [0.25, 0.3) is 5.78 Å². The summed E-state index contributed by atoms with van der Waals surface area (Å²) in [6.07, 6.45) is 3.68. The highest BCUT2D eigenvalue weighted by molar-refractivity contribution is 6.30. The van der Waals surface area contributed by atoms with Crippen LogP contribution in [0.1, 0.15) is 35.7 Å². The summed E-state index contributed by atoms with van der Waals surface area (Å²) in [5.74, 6) is 0.778. The second-order valence-electron chi connectivity index (χ2n) is 8.18. The minimum absolute atomic E-state index is 0.173. The van der Waals surface area contributed by atoms with Gasteiger partial charge in [-0.1, -0.05) is 35.9 Å². The summed E-state index contributed by atoms with van der Waals surface area (Å²) in [5, 5.41) is 5.03. The van der Waals surface area contributed by atoms with Gasteiger partial charge in [0.05, 0.1) is 5.69 Å².